The Hall–Kier alpha value is -1.76. The van der Waals surface area contributed by atoms with Crippen molar-refractivity contribution in [2.24, 2.45) is 0 Å². The third kappa shape index (κ3) is 2.97. The van der Waals surface area contributed by atoms with Crippen LogP contribution in [-0.4, -0.2) is 22.9 Å². The molecule has 124 valence electrons. The van der Waals surface area contributed by atoms with Crippen molar-refractivity contribution in [3.63, 3.8) is 0 Å². The number of amides is 1. The van der Waals surface area contributed by atoms with E-state index < -0.39 is 0 Å². The van der Waals surface area contributed by atoms with Gasteiger partial charge in [-0.05, 0) is 41.5 Å². The van der Waals surface area contributed by atoms with Crippen LogP contribution in [-0.2, 0) is 22.4 Å². The number of carbonyl (C=O) groups is 1. The first kappa shape index (κ1) is 15.7. The Morgan fingerprint density at radius 1 is 1.42 bits per heavy atom. The highest BCUT2D eigenvalue weighted by Gasteiger charge is 2.28. The first-order valence-electron chi connectivity index (χ1n) is 8.03. The van der Waals surface area contributed by atoms with Gasteiger partial charge in [0.25, 0.3) is 0 Å². The summed E-state index contributed by atoms with van der Waals surface area (Å²) in [6.45, 7) is 2.73. The van der Waals surface area contributed by atoms with E-state index in [-0.39, 0.29) is 18.1 Å². The van der Waals surface area contributed by atoms with Crippen LogP contribution in [0.3, 0.4) is 0 Å². The van der Waals surface area contributed by atoms with Gasteiger partial charge in [-0.3, -0.25) is 4.79 Å². The molecule has 6 heteroatoms. The molecule has 1 amide bonds. The lowest BCUT2D eigenvalue weighted by Crippen LogP contribution is -2.40. The quantitative estimate of drug-likeness (QED) is 0.773. The van der Waals surface area contributed by atoms with Gasteiger partial charge in [-0.25, -0.2) is 0 Å². The number of nitrogens with zero attached hydrogens (tertiary/aromatic N) is 1. The number of fused-ring (bicyclic) bond motifs is 2. The van der Waals surface area contributed by atoms with Gasteiger partial charge in [-0.1, -0.05) is 18.2 Å². The highest BCUT2D eigenvalue weighted by atomic mass is 32.1. The number of carbonyl (C=O) groups excluding carboxylic acids is 1. The molecule has 2 aromatic heterocycles. The van der Waals surface area contributed by atoms with E-state index in [0.717, 1.165) is 28.8 Å². The van der Waals surface area contributed by atoms with Crippen molar-refractivity contribution >= 4 is 38.9 Å². The average molecular weight is 358 g/mol. The van der Waals surface area contributed by atoms with Crippen LogP contribution in [0.15, 0.2) is 35.7 Å². The van der Waals surface area contributed by atoms with E-state index in [0.29, 0.717) is 6.42 Å². The van der Waals surface area contributed by atoms with Gasteiger partial charge in [0.15, 0.2) is 0 Å². The molecule has 0 saturated carbocycles. The summed E-state index contributed by atoms with van der Waals surface area (Å²) in [6, 6.07) is 10.1. The largest absolute Gasteiger partial charge is 0.371 e. The number of nitrogens with one attached hydrogen (secondary N) is 1. The molecule has 0 saturated heterocycles. The van der Waals surface area contributed by atoms with Crippen LogP contribution < -0.4 is 5.32 Å². The Morgan fingerprint density at radius 2 is 2.29 bits per heavy atom. The number of benzene rings is 1. The Kier molecular flexibility index (Phi) is 4.35. The fourth-order valence-corrected chi connectivity index (χ4v) is 4.88. The fraction of sp³-hybridized carbons (Fsp3) is 0.333. The summed E-state index contributed by atoms with van der Waals surface area (Å²) in [5, 5.41) is 6.26. The van der Waals surface area contributed by atoms with Crippen molar-refractivity contribution in [2.45, 2.75) is 31.9 Å². The predicted molar refractivity (Wildman–Crippen MR) is 97.6 cm³/mol. The Labute approximate surface area is 148 Å². The Bertz CT molecular complexity index is 871. The molecule has 0 aliphatic carbocycles. The maximum absolute atomic E-state index is 12.5. The number of aromatic nitrogens is 1. The van der Waals surface area contributed by atoms with Crippen molar-refractivity contribution < 1.29 is 9.53 Å². The van der Waals surface area contributed by atoms with Gasteiger partial charge >= 0.3 is 0 Å². The van der Waals surface area contributed by atoms with E-state index in [1.165, 1.54) is 22.0 Å². The zero-order chi connectivity index (χ0) is 16.5. The van der Waals surface area contributed by atoms with E-state index in [1.54, 1.807) is 11.3 Å². The minimum Gasteiger partial charge on any atom is -0.371 e. The van der Waals surface area contributed by atoms with Gasteiger partial charge in [-0.2, -0.15) is 4.37 Å². The summed E-state index contributed by atoms with van der Waals surface area (Å²) in [5.41, 5.74) is 2.07. The molecule has 1 aliphatic heterocycles. The van der Waals surface area contributed by atoms with Crippen LogP contribution in [0.5, 0.6) is 0 Å². The van der Waals surface area contributed by atoms with E-state index in [4.69, 9.17) is 4.74 Å². The molecular formula is C18H18N2O2S2. The molecule has 0 fully saturated rings. The van der Waals surface area contributed by atoms with Crippen molar-refractivity contribution in [1.29, 1.82) is 0 Å². The van der Waals surface area contributed by atoms with Crippen molar-refractivity contribution in [3.05, 3.63) is 51.8 Å². The normalized spacial score (nSPS) is 18.3. The van der Waals surface area contributed by atoms with Crippen LogP contribution in [0, 0.1) is 0 Å². The monoisotopic (exact) mass is 358 g/mol. The second kappa shape index (κ2) is 6.63. The van der Waals surface area contributed by atoms with Gasteiger partial charge in [0.05, 0.1) is 29.5 Å². The fourth-order valence-electron chi connectivity index (χ4n) is 3.19. The van der Waals surface area contributed by atoms with Gasteiger partial charge in [-0.15, -0.1) is 11.3 Å². The zero-order valence-electron chi connectivity index (χ0n) is 13.3. The first-order chi connectivity index (χ1) is 11.7. The zero-order valence-corrected chi connectivity index (χ0v) is 15.0. The van der Waals surface area contributed by atoms with Crippen molar-refractivity contribution in [3.8, 4) is 0 Å². The van der Waals surface area contributed by atoms with Crippen LogP contribution in [0.4, 0.5) is 0 Å². The molecular weight excluding hydrogens is 340 g/mol. The van der Waals surface area contributed by atoms with Gasteiger partial charge in [0, 0.05) is 16.7 Å². The third-order valence-electron chi connectivity index (χ3n) is 4.34. The van der Waals surface area contributed by atoms with E-state index in [2.05, 4.69) is 21.1 Å². The maximum Gasteiger partial charge on any atom is 0.226 e. The number of thiophene rings is 1. The Balaban J connectivity index is 1.45. The van der Waals surface area contributed by atoms with Crippen LogP contribution in [0.25, 0.3) is 10.1 Å². The molecule has 24 heavy (non-hydrogen) atoms. The van der Waals surface area contributed by atoms with Crippen molar-refractivity contribution in [2.75, 3.05) is 6.61 Å². The lowest BCUT2D eigenvalue weighted by molar-refractivity contribution is -0.122. The molecule has 4 rings (SSSR count). The van der Waals surface area contributed by atoms with Crippen LogP contribution in [0.1, 0.15) is 29.2 Å². The molecule has 3 aromatic rings. The van der Waals surface area contributed by atoms with Crippen LogP contribution >= 0.6 is 22.9 Å². The second-order valence-corrected chi connectivity index (χ2v) is 7.80. The van der Waals surface area contributed by atoms with E-state index in [1.807, 2.05) is 31.2 Å². The number of ether oxygens (including phenoxy) is 1. The second-order valence-electron chi connectivity index (χ2n) is 6.00. The molecule has 0 radical (unpaired) electrons. The van der Waals surface area contributed by atoms with Crippen LogP contribution in [0.2, 0.25) is 0 Å². The summed E-state index contributed by atoms with van der Waals surface area (Å²) in [5.74, 6) is -0.00972. The predicted octanol–water partition coefficient (Wildman–Crippen LogP) is 3.72. The summed E-state index contributed by atoms with van der Waals surface area (Å²) in [4.78, 5) is 13.8. The summed E-state index contributed by atoms with van der Waals surface area (Å²) < 4.78 is 11.5. The minimum atomic E-state index is -0.0592. The third-order valence-corrected chi connectivity index (χ3v) is 6.20. The first-order valence-corrected chi connectivity index (χ1v) is 9.68. The Morgan fingerprint density at radius 3 is 3.21 bits per heavy atom. The summed E-state index contributed by atoms with van der Waals surface area (Å²) in [6.07, 6.45) is 1.21. The molecule has 0 bridgehead atoms. The van der Waals surface area contributed by atoms with Crippen molar-refractivity contribution in [1.82, 2.24) is 9.69 Å². The SMILES string of the molecule is CC(NC(=O)Cc1nsc2ccccc12)C1OCCc2sccc21. The van der Waals surface area contributed by atoms with E-state index >= 15 is 0 Å². The van der Waals surface area contributed by atoms with Gasteiger partial charge in [0.1, 0.15) is 6.10 Å². The van der Waals surface area contributed by atoms with Gasteiger partial charge < -0.3 is 10.1 Å². The lowest BCUT2D eigenvalue weighted by Gasteiger charge is -2.29. The average Bonchev–Trinajstić information content (AvgIpc) is 3.21. The molecule has 1 aliphatic rings. The highest BCUT2D eigenvalue weighted by molar-refractivity contribution is 7.13. The molecule has 2 unspecified atom stereocenters. The highest BCUT2D eigenvalue weighted by Crippen LogP contribution is 2.33. The maximum atomic E-state index is 12.5. The summed E-state index contributed by atoms with van der Waals surface area (Å²) >= 11 is 3.21. The van der Waals surface area contributed by atoms with E-state index in [9.17, 15) is 4.79 Å². The minimum absolute atomic E-state index is 0.00972. The lowest BCUT2D eigenvalue weighted by atomic mass is 10.0. The topological polar surface area (TPSA) is 51.2 Å². The number of hydrogen-bond acceptors (Lipinski definition) is 5. The molecule has 2 atom stereocenters. The van der Waals surface area contributed by atoms with Gasteiger partial charge in [0.2, 0.25) is 5.91 Å². The molecule has 4 nitrogen and oxygen atoms in total. The number of hydrogen-bond donors (Lipinski definition) is 1. The molecule has 1 aromatic carbocycles. The summed E-state index contributed by atoms with van der Waals surface area (Å²) in [7, 11) is 0. The molecule has 1 N–H and O–H groups in total. The number of rotatable bonds is 4. The smallest absolute Gasteiger partial charge is 0.226 e. The molecule has 0 spiro atoms. The standard InChI is InChI=1S/C18H18N2O2S2/c1-11(18-13-7-9-23-15(13)6-8-22-18)19-17(21)10-14-12-4-2-3-5-16(12)24-20-14/h2-5,7,9,11,18H,6,8,10H2,1H3,(H,19,21). The molecule has 3 heterocycles.